The Morgan fingerprint density at radius 2 is 2.00 bits per heavy atom. The fourth-order valence-corrected chi connectivity index (χ4v) is 2.64. The molecule has 0 bridgehead atoms. The molecule has 96 valence electrons. The van der Waals surface area contributed by atoms with E-state index in [1.807, 2.05) is 0 Å². The Balaban J connectivity index is 2.03. The van der Waals surface area contributed by atoms with E-state index in [4.69, 9.17) is 5.73 Å². The first-order valence-corrected chi connectivity index (χ1v) is 6.40. The van der Waals surface area contributed by atoms with E-state index in [9.17, 15) is 0 Å². The zero-order chi connectivity index (χ0) is 12.5. The highest BCUT2D eigenvalue weighted by Crippen LogP contribution is 2.37. The molecule has 1 aliphatic carbocycles. The van der Waals surface area contributed by atoms with Crippen molar-refractivity contribution in [2.24, 2.45) is 18.2 Å². The molecule has 1 aliphatic rings. The maximum Gasteiger partial charge on any atom is 0.176 e. The van der Waals surface area contributed by atoms with Crippen LogP contribution in [0.3, 0.4) is 0 Å². The van der Waals surface area contributed by atoms with Crippen LogP contribution in [0, 0.1) is 5.41 Å². The van der Waals surface area contributed by atoms with Gasteiger partial charge in [0.1, 0.15) is 0 Å². The number of aromatic nitrogens is 4. The summed E-state index contributed by atoms with van der Waals surface area (Å²) in [5.74, 6) is 0.773. The van der Waals surface area contributed by atoms with Crippen LogP contribution in [0.25, 0.3) is 0 Å². The summed E-state index contributed by atoms with van der Waals surface area (Å²) in [6.07, 6.45) is 6.51. The van der Waals surface area contributed by atoms with Crippen LogP contribution in [0.1, 0.15) is 51.8 Å². The van der Waals surface area contributed by atoms with E-state index in [1.165, 1.54) is 24.1 Å². The number of hydrogen-bond acceptors (Lipinski definition) is 4. The minimum atomic E-state index is -0.142. The van der Waals surface area contributed by atoms with Crippen molar-refractivity contribution >= 4 is 0 Å². The molecule has 0 radical (unpaired) electrons. The largest absolute Gasteiger partial charge is 0.325 e. The van der Waals surface area contributed by atoms with Crippen LogP contribution in [0.5, 0.6) is 0 Å². The SMILES string of the molecule is Cn1nnc(CC2(N)CCCC(C)(C)CC2)n1. The molecule has 17 heavy (non-hydrogen) atoms. The Kier molecular flexibility index (Phi) is 3.21. The third-order valence-electron chi connectivity index (χ3n) is 3.89. The summed E-state index contributed by atoms with van der Waals surface area (Å²) >= 11 is 0. The van der Waals surface area contributed by atoms with Crippen molar-refractivity contribution in [2.45, 2.75) is 57.9 Å². The Morgan fingerprint density at radius 1 is 1.24 bits per heavy atom. The topological polar surface area (TPSA) is 69.6 Å². The molecular formula is C12H23N5. The Morgan fingerprint density at radius 3 is 2.65 bits per heavy atom. The van der Waals surface area contributed by atoms with Gasteiger partial charge in [0.25, 0.3) is 0 Å². The van der Waals surface area contributed by atoms with Gasteiger partial charge in [-0.15, -0.1) is 10.2 Å². The van der Waals surface area contributed by atoms with E-state index in [-0.39, 0.29) is 5.54 Å². The van der Waals surface area contributed by atoms with Gasteiger partial charge in [-0.25, -0.2) is 0 Å². The van der Waals surface area contributed by atoms with Crippen LogP contribution in [-0.4, -0.2) is 25.7 Å². The summed E-state index contributed by atoms with van der Waals surface area (Å²) in [4.78, 5) is 1.50. The molecule has 1 unspecified atom stereocenters. The van der Waals surface area contributed by atoms with Gasteiger partial charge in [-0.2, -0.15) is 4.80 Å². The highest BCUT2D eigenvalue weighted by Gasteiger charge is 2.33. The smallest absolute Gasteiger partial charge is 0.176 e. The van der Waals surface area contributed by atoms with Crippen LogP contribution in [-0.2, 0) is 13.5 Å². The second-order valence-electron chi connectivity index (χ2n) is 6.25. The molecule has 1 fully saturated rings. The molecule has 0 spiro atoms. The van der Waals surface area contributed by atoms with Gasteiger partial charge in [0.2, 0.25) is 0 Å². The maximum absolute atomic E-state index is 6.50. The van der Waals surface area contributed by atoms with Crippen LogP contribution < -0.4 is 5.73 Å². The fourth-order valence-electron chi connectivity index (χ4n) is 2.64. The van der Waals surface area contributed by atoms with E-state index in [0.29, 0.717) is 5.41 Å². The average Bonchev–Trinajstić information content (AvgIpc) is 2.55. The third-order valence-corrected chi connectivity index (χ3v) is 3.89. The van der Waals surface area contributed by atoms with Gasteiger partial charge >= 0.3 is 0 Å². The van der Waals surface area contributed by atoms with E-state index < -0.39 is 0 Å². The number of rotatable bonds is 2. The first-order valence-electron chi connectivity index (χ1n) is 6.40. The summed E-state index contributed by atoms with van der Waals surface area (Å²) in [5.41, 5.74) is 6.79. The minimum Gasteiger partial charge on any atom is -0.325 e. The monoisotopic (exact) mass is 237 g/mol. The minimum absolute atomic E-state index is 0.142. The third kappa shape index (κ3) is 3.25. The Hall–Kier alpha value is -0.970. The maximum atomic E-state index is 6.50. The van der Waals surface area contributed by atoms with E-state index >= 15 is 0 Å². The molecule has 0 aliphatic heterocycles. The highest BCUT2D eigenvalue weighted by molar-refractivity contribution is 4.97. The van der Waals surface area contributed by atoms with Crippen LogP contribution in [0.4, 0.5) is 0 Å². The van der Waals surface area contributed by atoms with Gasteiger partial charge in [-0.05, 0) is 36.3 Å². The highest BCUT2D eigenvalue weighted by atomic mass is 15.6. The second kappa shape index (κ2) is 4.37. The zero-order valence-corrected chi connectivity index (χ0v) is 11.1. The van der Waals surface area contributed by atoms with Crippen molar-refractivity contribution in [3.8, 4) is 0 Å². The van der Waals surface area contributed by atoms with E-state index in [2.05, 4.69) is 29.3 Å². The van der Waals surface area contributed by atoms with Crippen LogP contribution in [0.15, 0.2) is 0 Å². The van der Waals surface area contributed by atoms with Gasteiger partial charge in [-0.3, -0.25) is 0 Å². The number of tetrazole rings is 1. The van der Waals surface area contributed by atoms with Crippen LogP contribution in [0.2, 0.25) is 0 Å². The van der Waals surface area contributed by atoms with Crippen molar-refractivity contribution in [1.82, 2.24) is 20.2 Å². The van der Waals surface area contributed by atoms with Crippen molar-refractivity contribution < 1.29 is 0 Å². The molecule has 0 saturated heterocycles. The molecule has 0 aromatic carbocycles. The van der Waals surface area contributed by atoms with Crippen molar-refractivity contribution in [2.75, 3.05) is 0 Å². The normalized spacial score (nSPS) is 28.9. The molecule has 1 aromatic heterocycles. The number of hydrogen-bond donors (Lipinski definition) is 1. The number of nitrogens with zero attached hydrogens (tertiary/aromatic N) is 4. The van der Waals surface area contributed by atoms with Crippen LogP contribution >= 0.6 is 0 Å². The molecule has 5 nitrogen and oxygen atoms in total. The van der Waals surface area contributed by atoms with E-state index in [1.54, 1.807) is 7.05 Å². The molecule has 2 N–H and O–H groups in total. The molecule has 1 heterocycles. The van der Waals surface area contributed by atoms with Crippen molar-refractivity contribution in [3.63, 3.8) is 0 Å². The Labute approximate surface area is 103 Å². The van der Waals surface area contributed by atoms with Crippen molar-refractivity contribution in [1.29, 1.82) is 0 Å². The van der Waals surface area contributed by atoms with E-state index in [0.717, 1.165) is 25.1 Å². The lowest BCUT2D eigenvalue weighted by atomic mass is 9.83. The molecule has 1 aromatic rings. The lowest BCUT2D eigenvalue weighted by Crippen LogP contribution is -2.42. The Bertz CT molecular complexity index is 384. The van der Waals surface area contributed by atoms with Gasteiger partial charge < -0.3 is 5.73 Å². The molecule has 1 saturated carbocycles. The number of aryl methyl sites for hydroxylation is 1. The second-order valence-corrected chi connectivity index (χ2v) is 6.25. The molecule has 1 atom stereocenters. The molecular weight excluding hydrogens is 214 g/mol. The predicted molar refractivity (Wildman–Crippen MR) is 66.3 cm³/mol. The summed E-state index contributed by atoms with van der Waals surface area (Å²) in [6, 6.07) is 0. The average molecular weight is 237 g/mol. The first-order chi connectivity index (χ1) is 7.89. The molecule has 2 rings (SSSR count). The lowest BCUT2D eigenvalue weighted by molar-refractivity contribution is 0.295. The quantitative estimate of drug-likeness (QED) is 0.790. The van der Waals surface area contributed by atoms with Gasteiger partial charge in [0.15, 0.2) is 5.82 Å². The zero-order valence-electron chi connectivity index (χ0n) is 11.1. The summed E-state index contributed by atoms with van der Waals surface area (Å²) < 4.78 is 0. The number of nitrogens with two attached hydrogens (primary N) is 1. The first kappa shape index (κ1) is 12.5. The van der Waals surface area contributed by atoms with Gasteiger partial charge in [0.05, 0.1) is 7.05 Å². The summed E-state index contributed by atoms with van der Waals surface area (Å²) in [5, 5.41) is 12.1. The molecule has 0 amide bonds. The predicted octanol–water partition coefficient (Wildman–Crippen LogP) is 1.44. The van der Waals surface area contributed by atoms with Gasteiger partial charge in [0, 0.05) is 12.0 Å². The standard InChI is InChI=1S/C12H23N5/c1-11(2)5-4-6-12(13,8-7-11)9-10-14-16-17(3)15-10/h4-9,13H2,1-3H3. The van der Waals surface area contributed by atoms with Crippen molar-refractivity contribution in [3.05, 3.63) is 5.82 Å². The lowest BCUT2D eigenvalue weighted by Gasteiger charge is -2.27. The summed E-state index contributed by atoms with van der Waals surface area (Å²) in [7, 11) is 1.79. The van der Waals surface area contributed by atoms with Gasteiger partial charge in [-0.1, -0.05) is 20.3 Å². The fraction of sp³-hybridized carbons (Fsp3) is 0.917. The molecule has 5 heteroatoms. The summed E-state index contributed by atoms with van der Waals surface area (Å²) in [6.45, 7) is 4.67.